The minimum absolute atomic E-state index is 0. The normalized spacial score (nSPS) is 10.2. The van der Waals surface area contributed by atoms with E-state index in [2.05, 4.69) is 26.9 Å². The fourth-order valence-corrected chi connectivity index (χ4v) is 3.07. The van der Waals surface area contributed by atoms with Crippen molar-refractivity contribution in [3.05, 3.63) is 6.92 Å². The van der Waals surface area contributed by atoms with E-state index in [-0.39, 0.29) is 40.0 Å². The molecule has 0 bridgehead atoms. The first-order valence-electron chi connectivity index (χ1n) is 4.55. The standard InChI is InChI=1S/C9H21OSi.BrH.Mg/c1-5-7-9-11(3,4)10-8-6-2;;/h2,5-9H2,1,3-4H3;1H;/q-1;;+2/p-1. The molecule has 13 heavy (non-hydrogen) atoms. The van der Waals surface area contributed by atoms with Crippen LogP contribution in [0.5, 0.6) is 0 Å². The van der Waals surface area contributed by atoms with Crippen molar-refractivity contribution < 1.29 is 21.4 Å². The molecule has 0 amide bonds. The summed E-state index contributed by atoms with van der Waals surface area (Å²) in [4.78, 5) is 0. The van der Waals surface area contributed by atoms with Crippen LogP contribution in [0.2, 0.25) is 19.1 Å². The Hall–Kier alpha value is 1.42. The van der Waals surface area contributed by atoms with Crippen LogP contribution in [0, 0.1) is 6.92 Å². The molecule has 0 atom stereocenters. The SMILES string of the molecule is [Br-].[CH2-]CCO[Si](C)(C)CCCC.[Mg+2]. The molecule has 0 radical (unpaired) electrons. The van der Waals surface area contributed by atoms with Crippen molar-refractivity contribution >= 4 is 31.4 Å². The third-order valence-corrected chi connectivity index (χ3v) is 4.31. The fourth-order valence-electron chi connectivity index (χ4n) is 1.02. The molecule has 76 valence electrons. The minimum Gasteiger partial charge on any atom is -1.00 e. The van der Waals surface area contributed by atoms with Gasteiger partial charge in [-0.05, 0) is 19.1 Å². The van der Waals surface area contributed by atoms with Crippen molar-refractivity contribution in [3.8, 4) is 0 Å². The molecule has 0 heterocycles. The van der Waals surface area contributed by atoms with E-state index in [1.807, 2.05) is 0 Å². The van der Waals surface area contributed by atoms with Gasteiger partial charge in [0.25, 0.3) is 0 Å². The van der Waals surface area contributed by atoms with Crippen molar-refractivity contribution in [1.82, 2.24) is 0 Å². The molecule has 0 aromatic heterocycles. The summed E-state index contributed by atoms with van der Waals surface area (Å²) in [6.07, 6.45) is 3.50. The summed E-state index contributed by atoms with van der Waals surface area (Å²) in [7, 11) is -1.29. The zero-order valence-electron chi connectivity index (χ0n) is 9.24. The number of halogens is 1. The van der Waals surface area contributed by atoms with Gasteiger partial charge in [-0.1, -0.05) is 19.8 Å². The topological polar surface area (TPSA) is 9.23 Å². The van der Waals surface area contributed by atoms with Crippen molar-refractivity contribution in [1.29, 1.82) is 0 Å². The Morgan fingerprint density at radius 3 is 2.23 bits per heavy atom. The summed E-state index contributed by atoms with van der Waals surface area (Å²) >= 11 is 0. The van der Waals surface area contributed by atoms with Gasteiger partial charge in [0, 0.05) is 6.61 Å². The van der Waals surface area contributed by atoms with Gasteiger partial charge in [0.15, 0.2) is 8.32 Å². The molecule has 0 aromatic carbocycles. The molecular weight excluding hydrogens is 256 g/mol. The Morgan fingerprint density at radius 1 is 1.31 bits per heavy atom. The molecule has 0 unspecified atom stereocenters. The first-order valence-corrected chi connectivity index (χ1v) is 7.67. The van der Waals surface area contributed by atoms with Crippen LogP contribution in [0.25, 0.3) is 0 Å². The van der Waals surface area contributed by atoms with E-state index in [4.69, 9.17) is 4.43 Å². The zero-order valence-corrected chi connectivity index (χ0v) is 13.2. The maximum Gasteiger partial charge on any atom is 2.00 e. The van der Waals surface area contributed by atoms with Gasteiger partial charge in [-0.3, -0.25) is 0 Å². The van der Waals surface area contributed by atoms with Crippen molar-refractivity contribution in [2.75, 3.05) is 6.61 Å². The van der Waals surface area contributed by atoms with Gasteiger partial charge in [0.05, 0.1) is 0 Å². The van der Waals surface area contributed by atoms with Crippen molar-refractivity contribution in [2.24, 2.45) is 0 Å². The van der Waals surface area contributed by atoms with Crippen LogP contribution in [0.1, 0.15) is 26.2 Å². The molecule has 0 saturated heterocycles. The van der Waals surface area contributed by atoms with Gasteiger partial charge in [-0.25, -0.2) is 0 Å². The maximum atomic E-state index is 5.76. The van der Waals surface area contributed by atoms with E-state index in [0.717, 1.165) is 13.0 Å². The van der Waals surface area contributed by atoms with E-state index in [1.165, 1.54) is 18.9 Å². The van der Waals surface area contributed by atoms with Gasteiger partial charge in [-0.2, -0.15) is 6.42 Å². The molecule has 0 rings (SSSR count). The van der Waals surface area contributed by atoms with Crippen molar-refractivity contribution in [3.63, 3.8) is 0 Å². The summed E-state index contributed by atoms with van der Waals surface area (Å²) in [5, 5.41) is 0. The molecule has 1 nitrogen and oxygen atoms in total. The largest absolute Gasteiger partial charge is 2.00 e. The average Bonchev–Trinajstić information content (AvgIpc) is 1.97. The Kier molecular flexibility index (Phi) is 17.6. The van der Waals surface area contributed by atoms with Gasteiger partial charge in [0.2, 0.25) is 0 Å². The summed E-state index contributed by atoms with van der Waals surface area (Å²) in [6.45, 7) is 11.4. The third-order valence-electron chi connectivity index (χ3n) is 1.77. The second-order valence-corrected chi connectivity index (χ2v) is 7.87. The molecular formula is C9H21BrMgOSi. The molecule has 0 spiro atoms. The van der Waals surface area contributed by atoms with Gasteiger partial charge < -0.3 is 28.3 Å². The molecule has 0 saturated carbocycles. The quantitative estimate of drug-likeness (QED) is 0.485. The van der Waals surface area contributed by atoms with Crippen LogP contribution < -0.4 is 17.0 Å². The van der Waals surface area contributed by atoms with Crippen molar-refractivity contribution in [2.45, 2.75) is 45.3 Å². The van der Waals surface area contributed by atoms with E-state index in [0.29, 0.717) is 0 Å². The molecule has 0 N–H and O–H groups in total. The smallest absolute Gasteiger partial charge is 1.00 e. The number of unbranched alkanes of at least 4 members (excludes halogenated alkanes) is 1. The van der Waals surface area contributed by atoms with E-state index in [9.17, 15) is 0 Å². The van der Waals surface area contributed by atoms with E-state index < -0.39 is 8.32 Å². The molecule has 0 aliphatic heterocycles. The number of hydrogen-bond acceptors (Lipinski definition) is 1. The van der Waals surface area contributed by atoms with E-state index >= 15 is 0 Å². The van der Waals surface area contributed by atoms with E-state index in [1.54, 1.807) is 0 Å². The van der Waals surface area contributed by atoms with Crippen LogP contribution in [-0.4, -0.2) is 38.0 Å². The molecule has 0 aliphatic carbocycles. The number of hydrogen-bond donors (Lipinski definition) is 0. The predicted molar refractivity (Wildman–Crippen MR) is 58.9 cm³/mol. The van der Waals surface area contributed by atoms with Crippen LogP contribution in [-0.2, 0) is 4.43 Å². The zero-order chi connectivity index (χ0) is 8.74. The molecule has 4 heteroatoms. The summed E-state index contributed by atoms with van der Waals surface area (Å²) in [5.41, 5.74) is 0. The summed E-state index contributed by atoms with van der Waals surface area (Å²) in [6, 6.07) is 1.30. The van der Waals surface area contributed by atoms with Crippen LogP contribution in [0.3, 0.4) is 0 Å². The second-order valence-electron chi connectivity index (χ2n) is 3.57. The number of rotatable bonds is 6. The van der Waals surface area contributed by atoms with Gasteiger partial charge in [0.1, 0.15) is 0 Å². The molecule has 0 aliphatic rings. The monoisotopic (exact) mass is 276 g/mol. The Balaban J connectivity index is -0.000000500. The van der Waals surface area contributed by atoms with Crippen LogP contribution >= 0.6 is 0 Å². The molecule has 0 aromatic rings. The Bertz CT molecular complexity index is 91.6. The van der Waals surface area contributed by atoms with Gasteiger partial charge in [-0.15, -0.1) is 0 Å². The molecule has 0 fully saturated rings. The first kappa shape index (κ1) is 19.9. The Labute approximate surface area is 111 Å². The third kappa shape index (κ3) is 13.4. The van der Waals surface area contributed by atoms with Crippen LogP contribution in [0.15, 0.2) is 0 Å². The minimum atomic E-state index is -1.29. The second kappa shape index (κ2) is 11.5. The first-order chi connectivity index (χ1) is 5.12. The Morgan fingerprint density at radius 2 is 1.85 bits per heavy atom. The van der Waals surface area contributed by atoms with Gasteiger partial charge >= 0.3 is 23.1 Å². The fraction of sp³-hybridized carbons (Fsp3) is 0.889. The van der Waals surface area contributed by atoms with Crippen LogP contribution in [0.4, 0.5) is 0 Å². The maximum absolute atomic E-state index is 5.76. The average molecular weight is 278 g/mol. The predicted octanol–water partition coefficient (Wildman–Crippen LogP) is -0.144. The summed E-state index contributed by atoms with van der Waals surface area (Å²) < 4.78 is 5.76. The summed E-state index contributed by atoms with van der Waals surface area (Å²) in [5.74, 6) is 0.